The summed E-state index contributed by atoms with van der Waals surface area (Å²) in [4.78, 5) is 41.4. The monoisotopic (exact) mass is 392 g/mol. The van der Waals surface area contributed by atoms with Crippen LogP contribution in [-0.4, -0.2) is 47.0 Å². The number of amides is 3. The molecule has 0 unspecified atom stereocenters. The highest BCUT2D eigenvalue weighted by Crippen LogP contribution is 2.25. The Labute approximate surface area is 161 Å². The van der Waals surface area contributed by atoms with Crippen LogP contribution in [0.25, 0.3) is 10.9 Å². The molecule has 0 fully saturated rings. The first-order valence-electron chi connectivity index (χ1n) is 8.64. The van der Waals surface area contributed by atoms with Crippen molar-refractivity contribution < 1.29 is 14.3 Å². The molecule has 27 heavy (non-hydrogen) atoms. The summed E-state index contributed by atoms with van der Waals surface area (Å²) in [6.45, 7) is 6.02. The van der Waals surface area contributed by atoms with E-state index in [9.17, 15) is 14.4 Å². The SMILES string of the molecule is CCNC(=O)NC(=O)[C@@H](C)Sc1nc2ccccc2c(=O)n1[C@H](C)COC. The second-order valence-corrected chi connectivity index (χ2v) is 7.31. The summed E-state index contributed by atoms with van der Waals surface area (Å²) >= 11 is 1.13. The van der Waals surface area contributed by atoms with E-state index < -0.39 is 17.2 Å². The summed E-state index contributed by atoms with van der Waals surface area (Å²) in [6.07, 6.45) is 0. The highest BCUT2D eigenvalue weighted by Gasteiger charge is 2.22. The smallest absolute Gasteiger partial charge is 0.321 e. The second kappa shape index (κ2) is 9.52. The van der Waals surface area contributed by atoms with Crippen molar-refractivity contribution in [2.24, 2.45) is 0 Å². The number of methoxy groups -OCH3 is 1. The molecular formula is C18H24N4O4S. The number of carbonyl (C=O) groups is 2. The number of aromatic nitrogens is 2. The van der Waals surface area contributed by atoms with E-state index >= 15 is 0 Å². The molecule has 0 radical (unpaired) electrons. The molecule has 0 aliphatic heterocycles. The molecule has 0 saturated carbocycles. The molecule has 0 aliphatic carbocycles. The number of fused-ring (bicyclic) bond motifs is 1. The van der Waals surface area contributed by atoms with Crippen LogP contribution in [-0.2, 0) is 9.53 Å². The maximum absolute atomic E-state index is 13.0. The molecule has 1 heterocycles. The van der Waals surface area contributed by atoms with E-state index in [0.717, 1.165) is 11.8 Å². The number of carbonyl (C=O) groups excluding carboxylic acids is 2. The van der Waals surface area contributed by atoms with E-state index in [0.29, 0.717) is 29.2 Å². The predicted molar refractivity (Wildman–Crippen MR) is 105 cm³/mol. The van der Waals surface area contributed by atoms with Gasteiger partial charge < -0.3 is 10.1 Å². The number of urea groups is 1. The van der Waals surface area contributed by atoms with Gasteiger partial charge in [0.2, 0.25) is 5.91 Å². The molecule has 0 saturated heterocycles. The number of rotatable bonds is 7. The molecule has 9 heteroatoms. The predicted octanol–water partition coefficient (Wildman–Crippen LogP) is 1.93. The lowest BCUT2D eigenvalue weighted by molar-refractivity contribution is -0.119. The fourth-order valence-electron chi connectivity index (χ4n) is 2.54. The van der Waals surface area contributed by atoms with Gasteiger partial charge >= 0.3 is 6.03 Å². The summed E-state index contributed by atoms with van der Waals surface area (Å²) in [5.41, 5.74) is 0.367. The van der Waals surface area contributed by atoms with Gasteiger partial charge in [0.15, 0.2) is 5.16 Å². The fourth-order valence-corrected chi connectivity index (χ4v) is 3.55. The maximum Gasteiger partial charge on any atom is 0.321 e. The first kappa shape index (κ1) is 20.9. The molecule has 3 amide bonds. The van der Waals surface area contributed by atoms with Gasteiger partial charge in [0.05, 0.1) is 28.8 Å². The molecule has 0 spiro atoms. The summed E-state index contributed by atoms with van der Waals surface area (Å²) in [5.74, 6) is -0.459. The number of hydrogen-bond donors (Lipinski definition) is 2. The standard InChI is InChI=1S/C18H24N4O4S/c1-5-19-17(25)21-15(23)12(3)27-18-20-14-9-7-6-8-13(14)16(24)22(18)11(2)10-26-4/h6-9,11-12H,5,10H2,1-4H3,(H2,19,21,23,25)/t11-,12-/m1/s1. The number of nitrogens with zero attached hydrogens (tertiary/aromatic N) is 2. The third kappa shape index (κ3) is 5.08. The summed E-state index contributed by atoms with van der Waals surface area (Å²) in [5, 5.41) is 5.07. The van der Waals surface area contributed by atoms with Gasteiger partial charge in [0.1, 0.15) is 0 Å². The van der Waals surface area contributed by atoms with E-state index in [4.69, 9.17) is 4.74 Å². The van der Waals surface area contributed by atoms with E-state index in [2.05, 4.69) is 15.6 Å². The third-order valence-corrected chi connectivity index (χ3v) is 4.92. The topological polar surface area (TPSA) is 102 Å². The van der Waals surface area contributed by atoms with Crippen molar-refractivity contribution in [3.05, 3.63) is 34.6 Å². The largest absolute Gasteiger partial charge is 0.383 e. The Hall–Kier alpha value is -2.39. The van der Waals surface area contributed by atoms with Gasteiger partial charge in [0, 0.05) is 13.7 Å². The van der Waals surface area contributed by atoms with Crippen LogP contribution in [0, 0.1) is 0 Å². The Balaban J connectivity index is 2.38. The Kier molecular flexibility index (Phi) is 7.37. The van der Waals surface area contributed by atoms with Gasteiger partial charge in [0.25, 0.3) is 5.56 Å². The molecule has 2 rings (SSSR count). The normalized spacial score (nSPS) is 13.2. The Morgan fingerprint density at radius 3 is 2.67 bits per heavy atom. The summed E-state index contributed by atoms with van der Waals surface area (Å²) in [6, 6.07) is 6.25. The lowest BCUT2D eigenvalue weighted by atomic mass is 10.2. The maximum atomic E-state index is 13.0. The van der Waals surface area contributed by atoms with Crippen LogP contribution in [0.1, 0.15) is 26.8 Å². The lowest BCUT2D eigenvalue weighted by Crippen LogP contribution is -2.42. The van der Waals surface area contributed by atoms with Crippen LogP contribution in [0.2, 0.25) is 0 Å². The van der Waals surface area contributed by atoms with Gasteiger partial charge in [-0.3, -0.25) is 19.5 Å². The summed E-state index contributed by atoms with van der Waals surface area (Å²) in [7, 11) is 1.56. The minimum absolute atomic E-state index is 0.191. The van der Waals surface area contributed by atoms with Gasteiger partial charge in [-0.25, -0.2) is 9.78 Å². The zero-order chi connectivity index (χ0) is 20.0. The van der Waals surface area contributed by atoms with E-state index in [-0.39, 0.29) is 11.6 Å². The molecule has 1 aromatic heterocycles. The number of thioether (sulfide) groups is 1. The summed E-state index contributed by atoms with van der Waals surface area (Å²) < 4.78 is 6.72. The molecule has 1 aromatic carbocycles. The van der Waals surface area contributed by atoms with E-state index in [1.54, 1.807) is 45.2 Å². The Morgan fingerprint density at radius 2 is 2.00 bits per heavy atom. The molecular weight excluding hydrogens is 368 g/mol. The Bertz CT molecular complexity index is 883. The van der Waals surface area contributed by atoms with E-state index in [1.165, 1.54) is 4.57 Å². The zero-order valence-corrected chi connectivity index (χ0v) is 16.6. The number of ether oxygens (including phenoxy) is 1. The minimum atomic E-state index is -0.623. The van der Waals surface area contributed by atoms with Crippen molar-refractivity contribution in [3.63, 3.8) is 0 Å². The van der Waals surface area contributed by atoms with Crippen LogP contribution >= 0.6 is 11.8 Å². The van der Waals surface area contributed by atoms with Crippen molar-refractivity contribution >= 4 is 34.6 Å². The highest BCUT2D eigenvalue weighted by molar-refractivity contribution is 8.00. The number of para-hydroxylation sites is 1. The van der Waals surface area contributed by atoms with Crippen molar-refractivity contribution in [3.8, 4) is 0 Å². The van der Waals surface area contributed by atoms with Gasteiger partial charge in [-0.1, -0.05) is 23.9 Å². The van der Waals surface area contributed by atoms with Crippen LogP contribution in [0.15, 0.2) is 34.2 Å². The van der Waals surface area contributed by atoms with E-state index in [1.807, 2.05) is 6.92 Å². The minimum Gasteiger partial charge on any atom is -0.383 e. The first-order chi connectivity index (χ1) is 12.9. The van der Waals surface area contributed by atoms with Gasteiger partial charge in [-0.2, -0.15) is 0 Å². The van der Waals surface area contributed by atoms with Crippen LogP contribution in [0.5, 0.6) is 0 Å². The molecule has 2 atom stereocenters. The van der Waals surface area contributed by atoms with Gasteiger partial charge in [-0.15, -0.1) is 0 Å². The fraction of sp³-hybridized carbons (Fsp3) is 0.444. The van der Waals surface area contributed by atoms with Crippen LogP contribution < -0.4 is 16.2 Å². The average Bonchev–Trinajstić information content (AvgIpc) is 2.62. The third-order valence-electron chi connectivity index (χ3n) is 3.85. The molecule has 8 nitrogen and oxygen atoms in total. The number of hydrogen-bond acceptors (Lipinski definition) is 6. The van der Waals surface area contributed by atoms with Gasteiger partial charge in [-0.05, 0) is 32.9 Å². The zero-order valence-electron chi connectivity index (χ0n) is 15.8. The quantitative estimate of drug-likeness (QED) is 0.551. The molecule has 146 valence electrons. The first-order valence-corrected chi connectivity index (χ1v) is 9.52. The number of benzene rings is 1. The second-order valence-electron chi connectivity index (χ2n) is 6.00. The van der Waals surface area contributed by atoms with Crippen molar-refractivity contribution in [1.82, 2.24) is 20.2 Å². The Morgan fingerprint density at radius 1 is 1.30 bits per heavy atom. The number of nitrogens with one attached hydrogen (secondary N) is 2. The van der Waals surface area contributed by atoms with Crippen LogP contribution in [0.3, 0.4) is 0 Å². The molecule has 0 aliphatic rings. The number of imide groups is 1. The van der Waals surface area contributed by atoms with Crippen molar-refractivity contribution in [2.45, 2.75) is 37.2 Å². The molecule has 2 aromatic rings. The highest BCUT2D eigenvalue weighted by atomic mass is 32.2. The molecule has 2 N–H and O–H groups in total. The van der Waals surface area contributed by atoms with Crippen molar-refractivity contribution in [1.29, 1.82) is 0 Å². The average molecular weight is 392 g/mol. The molecule has 0 bridgehead atoms. The lowest BCUT2D eigenvalue weighted by Gasteiger charge is -2.20. The van der Waals surface area contributed by atoms with Crippen LogP contribution in [0.4, 0.5) is 4.79 Å². The van der Waals surface area contributed by atoms with Crippen molar-refractivity contribution in [2.75, 3.05) is 20.3 Å².